The van der Waals surface area contributed by atoms with Crippen molar-refractivity contribution in [2.75, 3.05) is 6.61 Å². The first kappa shape index (κ1) is 36.8. The second-order valence-corrected chi connectivity index (χ2v) is 9.29. The van der Waals surface area contributed by atoms with E-state index in [1.54, 1.807) is 0 Å². The number of alkyl halides is 20. The summed E-state index contributed by atoms with van der Waals surface area (Å²) in [6.45, 7) is -3.67. The average molecular weight is 672 g/mol. The highest BCUT2D eigenvalue weighted by molar-refractivity contribution is 7.86. The van der Waals surface area contributed by atoms with Gasteiger partial charge < -0.3 is 0 Å². The zero-order valence-electron chi connectivity index (χ0n) is 18.4. The molecule has 0 aliphatic rings. The molecule has 1 aromatic rings. The summed E-state index contributed by atoms with van der Waals surface area (Å²) >= 11 is 0. The van der Waals surface area contributed by atoms with Crippen molar-refractivity contribution in [3.8, 4) is 0 Å². The quantitative estimate of drug-likeness (QED) is 0.163. The summed E-state index contributed by atoms with van der Waals surface area (Å²) in [5.41, 5.74) is 0. The highest BCUT2D eigenvalue weighted by Gasteiger charge is 2.96. The first-order valence-corrected chi connectivity index (χ1v) is 10.8. The first-order chi connectivity index (χ1) is 17.8. The van der Waals surface area contributed by atoms with Crippen LogP contribution in [0.1, 0.15) is 0 Å². The lowest BCUT2D eigenvalue weighted by atomic mass is 9.86. The minimum absolute atomic E-state index is 0.477. The third-order valence-electron chi connectivity index (χ3n) is 4.95. The molecule has 0 aliphatic heterocycles. The molecule has 0 saturated carbocycles. The monoisotopic (exact) mass is 672 g/mol. The summed E-state index contributed by atoms with van der Waals surface area (Å²) in [5, 5.41) is 0. The van der Waals surface area contributed by atoms with Gasteiger partial charge in [0.15, 0.2) is 0 Å². The Bertz CT molecular complexity index is 1180. The summed E-state index contributed by atoms with van der Waals surface area (Å²) in [5.74, 6) is -76.7. The average Bonchev–Trinajstić information content (AvgIpc) is 2.82. The second kappa shape index (κ2) is 10.2. The van der Waals surface area contributed by atoms with Gasteiger partial charge >= 0.3 is 59.7 Å². The molecule has 0 heterocycles. The molecule has 0 atom stereocenters. The highest BCUT2D eigenvalue weighted by Crippen LogP contribution is 2.65. The van der Waals surface area contributed by atoms with Crippen molar-refractivity contribution in [1.82, 2.24) is 0 Å². The molecular formula is C17H8F20O3S. The SMILES string of the molecule is O=S(=O)(OCC(F)(F)C(F)(F)C(F)(F)C(F)(F)C(F)(F)C(F)(F)C(F)(F)C(F)(F)C(F)(F)C(F)F)c1ccccc1. The van der Waals surface area contributed by atoms with E-state index in [9.17, 15) is 96.2 Å². The Morgan fingerprint density at radius 3 is 1.20 bits per heavy atom. The van der Waals surface area contributed by atoms with Crippen molar-refractivity contribution in [3.05, 3.63) is 30.3 Å². The minimum Gasteiger partial charge on any atom is -0.260 e. The van der Waals surface area contributed by atoms with E-state index in [0.29, 0.717) is 12.1 Å². The van der Waals surface area contributed by atoms with Crippen LogP contribution >= 0.6 is 0 Å². The van der Waals surface area contributed by atoms with E-state index in [2.05, 4.69) is 4.18 Å². The molecule has 0 amide bonds. The summed E-state index contributed by atoms with van der Waals surface area (Å²) in [6.07, 6.45) is -6.15. The lowest BCUT2D eigenvalue weighted by Gasteiger charge is -2.44. The number of rotatable bonds is 13. The molecule has 0 bridgehead atoms. The van der Waals surface area contributed by atoms with E-state index in [-0.39, 0.29) is 0 Å². The Kier molecular flexibility index (Phi) is 9.12. The molecule has 0 aliphatic carbocycles. The molecule has 240 valence electrons. The third-order valence-corrected chi connectivity index (χ3v) is 6.22. The van der Waals surface area contributed by atoms with Crippen LogP contribution in [0.5, 0.6) is 0 Å². The smallest absolute Gasteiger partial charge is 0.260 e. The molecule has 0 fully saturated rings. The summed E-state index contributed by atoms with van der Waals surface area (Å²) < 4.78 is 294. The molecule has 3 nitrogen and oxygen atoms in total. The predicted molar refractivity (Wildman–Crippen MR) is 90.1 cm³/mol. The van der Waals surface area contributed by atoms with E-state index in [0.717, 1.165) is 18.2 Å². The van der Waals surface area contributed by atoms with Crippen molar-refractivity contribution >= 4 is 10.1 Å². The number of hydrogen-bond donors (Lipinski definition) is 0. The van der Waals surface area contributed by atoms with Crippen molar-refractivity contribution in [1.29, 1.82) is 0 Å². The first-order valence-electron chi connectivity index (χ1n) is 9.38. The maximum absolute atomic E-state index is 13.8. The van der Waals surface area contributed by atoms with Crippen molar-refractivity contribution in [2.45, 2.75) is 64.6 Å². The van der Waals surface area contributed by atoms with Crippen LogP contribution < -0.4 is 0 Å². The molecule has 1 rings (SSSR count). The van der Waals surface area contributed by atoms with Gasteiger partial charge in [-0.25, -0.2) is 8.78 Å². The van der Waals surface area contributed by atoms with E-state index in [1.165, 1.54) is 0 Å². The second-order valence-electron chi connectivity index (χ2n) is 7.68. The maximum Gasteiger partial charge on any atom is 0.385 e. The molecular weight excluding hydrogens is 664 g/mol. The number of benzene rings is 1. The normalized spacial score (nSPS) is 15.9. The largest absolute Gasteiger partial charge is 0.385 e. The molecule has 0 N–H and O–H groups in total. The van der Waals surface area contributed by atoms with Gasteiger partial charge in [0.05, 0.1) is 4.90 Å². The van der Waals surface area contributed by atoms with E-state index in [4.69, 9.17) is 0 Å². The Morgan fingerprint density at radius 1 is 0.537 bits per heavy atom. The zero-order chi connectivity index (χ0) is 33.1. The fourth-order valence-corrected chi connectivity index (χ4v) is 3.39. The van der Waals surface area contributed by atoms with Crippen LogP contribution in [0.2, 0.25) is 0 Å². The summed E-state index contributed by atoms with van der Waals surface area (Å²) in [4.78, 5) is -1.20. The summed E-state index contributed by atoms with van der Waals surface area (Å²) in [6, 6.07) is 3.64. The van der Waals surface area contributed by atoms with Crippen molar-refractivity contribution < 1.29 is 100 Å². The van der Waals surface area contributed by atoms with E-state index < -0.39 is 81.3 Å². The Hall–Kier alpha value is -2.27. The van der Waals surface area contributed by atoms with Gasteiger partial charge in [-0.15, -0.1) is 0 Å². The molecule has 0 aromatic heterocycles. The minimum atomic E-state index is -9.15. The van der Waals surface area contributed by atoms with Crippen molar-refractivity contribution in [3.63, 3.8) is 0 Å². The fraction of sp³-hybridized carbons (Fsp3) is 0.647. The van der Waals surface area contributed by atoms with Crippen LogP contribution in [0.3, 0.4) is 0 Å². The molecule has 0 radical (unpaired) electrons. The predicted octanol–water partition coefficient (Wildman–Crippen LogP) is 7.37. The zero-order valence-corrected chi connectivity index (χ0v) is 19.2. The van der Waals surface area contributed by atoms with Crippen LogP contribution in [0, 0.1) is 0 Å². The van der Waals surface area contributed by atoms with Gasteiger partial charge in [0.1, 0.15) is 6.61 Å². The lowest BCUT2D eigenvalue weighted by molar-refractivity contribution is -0.465. The number of hydrogen-bond acceptors (Lipinski definition) is 3. The Labute approximate surface area is 213 Å². The number of halogens is 20. The van der Waals surface area contributed by atoms with Crippen LogP contribution in [0.25, 0.3) is 0 Å². The van der Waals surface area contributed by atoms with E-state index in [1.807, 2.05) is 0 Å². The molecule has 41 heavy (non-hydrogen) atoms. The van der Waals surface area contributed by atoms with Crippen molar-refractivity contribution in [2.24, 2.45) is 0 Å². The van der Waals surface area contributed by atoms with Crippen LogP contribution in [0.15, 0.2) is 35.2 Å². The maximum atomic E-state index is 13.8. The highest BCUT2D eigenvalue weighted by atomic mass is 32.2. The van der Waals surface area contributed by atoms with Gasteiger partial charge in [-0.05, 0) is 12.1 Å². The Morgan fingerprint density at radius 2 is 0.854 bits per heavy atom. The van der Waals surface area contributed by atoms with Crippen LogP contribution in [-0.2, 0) is 14.3 Å². The molecule has 1 aromatic carbocycles. The van der Waals surface area contributed by atoms with Gasteiger partial charge in [0.25, 0.3) is 10.1 Å². The van der Waals surface area contributed by atoms with E-state index >= 15 is 0 Å². The van der Waals surface area contributed by atoms with Gasteiger partial charge in [-0.2, -0.15) is 87.4 Å². The van der Waals surface area contributed by atoms with Gasteiger partial charge in [-0.1, -0.05) is 18.2 Å². The lowest BCUT2D eigenvalue weighted by Crippen LogP contribution is -2.76. The topological polar surface area (TPSA) is 43.4 Å². The van der Waals surface area contributed by atoms with Crippen LogP contribution in [-0.4, -0.2) is 74.8 Å². The molecule has 24 heteroatoms. The van der Waals surface area contributed by atoms with Gasteiger partial charge in [0, 0.05) is 0 Å². The fourth-order valence-electron chi connectivity index (χ4n) is 2.46. The summed E-state index contributed by atoms with van der Waals surface area (Å²) in [7, 11) is -5.67. The third kappa shape index (κ3) is 5.15. The standard InChI is InChI=1S/C17H8F20O3S/c18-8(19)10(22,23)12(26,27)14(30,31)16(34,35)17(36,37)15(32,33)13(28,29)11(24,25)9(20,21)6-40-41(38,39)7-4-2-1-3-5-7/h1-5,8H,6H2. The van der Waals surface area contributed by atoms with Crippen LogP contribution in [0.4, 0.5) is 87.8 Å². The van der Waals surface area contributed by atoms with Gasteiger partial charge in [0.2, 0.25) is 0 Å². The molecule has 0 saturated heterocycles. The Balaban J connectivity index is 3.61. The molecule has 0 spiro atoms. The van der Waals surface area contributed by atoms with Gasteiger partial charge in [-0.3, -0.25) is 4.18 Å². The molecule has 0 unspecified atom stereocenters.